The molecule has 1 N–H and O–H groups in total. The maximum absolute atomic E-state index is 14.3. The summed E-state index contributed by atoms with van der Waals surface area (Å²) in [6.07, 6.45) is -2.02. The Morgan fingerprint density at radius 1 is 1.11 bits per heavy atom. The van der Waals surface area contributed by atoms with E-state index in [1.807, 2.05) is 0 Å². The second-order valence-electron chi connectivity index (χ2n) is 7.96. The van der Waals surface area contributed by atoms with Crippen molar-refractivity contribution in [3.63, 3.8) is 0 Å². The fourth-order valence-corrected chi connectivity index (χ4v) is 3.65. The summed E-state index contributed by atoms with van der Waals surface area (Å²) < 4.78 is 79.4. The van der Waals surface area contributed by atoms with Gasteiger partial charge in [-0.3, -0.25) is 9.48 Å². The van der Waals surface area contributed by atoms with Crippen LogP contribution in [0.15, 0.2) is 57.8 Å². The lowest BCUT2D eigenvalue weighted by atomic mass is 9.94. The van der Waals surface area contributed by atoms with Crippen LogP contribution in [0.4, 0.5) is 27.6 Å². The Kier molecular flexibility index (Phi) is 5.99. The molecular formula is C23H19F5N4O3. The Morgan fingerprint density at radius 3 is 2.49 bits per heavy atom. The first-order valence-electron chi connectivity index (χ1n) is 10.3. The number of carbonyl (C=O) groups excluding carboxylic acids is 1. The van der Waals surface area contributed by atoms with Gasteiger partial charge in [0.1, 0.15) is 0 Å². The number of amides is 1. The van der Waals surface area contributed by atoms with Gasteiger partial charge in [0.05, 0.1) is 35.4 Å². The van der Waals surface area contributed by atoms with Crippen molar-refractivity contribution in [2.24, 2.45) is 0 Å². The van der Waals surface area contributed by atoms with E-state index in [1.165, 1.54) is 30.1 Å². The molecule has 35 heavy (non-hydrogen) atoms. The van der Waals surface area contributed by atoms with Gasteiger partial charge in [0, 0.05) is 18.6 Å². The summed E-state index contributed by atoms with van der Waals surface area (Å²) in [5, 5.41) is 10.5. The highest BCUT2D eigenvalue weighted by Crippen LogP contribution is 2.39. The fraction of sp³-hybridized carbons (Fsp3) is 0.261. The molecule has 7 nitrogen and oxygen atoms in total. The fourth-order valence-electron chi connectivity index (χ4n) is 3.65. The molecule has 4 aromatic rings. The molecule has 0 radical (unpaired) electrons. The molecular weight excluding hydrogens is 475 g/mol. The Hall–Kier alpha value is -3.96. The van der Waals surface area contributed by atoms with Crippen molar-refractivity contribution in [3.05, 3.63) is 76.9 Å². The third-order valence-corrected chi connectivity index (χ3v) is 5.47. The number of nitrogens with one attached hydrogen (secondary N) is 1. The zero-order chi connectivity index (χ0) is 25.5. The van der Waals surface area contributed by atoms with E-state index in [2.05, 4.69) is 15.6 Å². The van der Waals surface area contributed by atoms with Crippen molar-refractivity contribution in [3.8, 4) is 11.5 Å². The van der Waals surface area contributed by atoms with Crippen LogP contribution in [0, 0.1) is 6.92 Å². The minimum Gasteiger partial charge on any atom is -0.461 e. The van der Waals surface area contributed by atoms with E-state index in [9.17, 15) is 26.7 Å². The monoisotopic (exact) mass is 494 g/mol. The highest BCUT2D eigenvalue weighted by atomic mass is 19.4. The summed E-state index contributed by atoms with van der Waals surface area (Å²) in [6.45, 7) is 3.65. The zero-order valence-electron chi connectivity index (χ0n) is 18.7. The maximum atomic E-state index is 14.3. The van der Waals surface area contributed by atoms with Crippen molar-refractivity contribution < 1.29 is 35.7 Å². The molecule has 1 atom stereocenters. The van der Waals surface area contributed by atoms with E-state index >= 15 is 0 Å². The molecule has 3 heterocycles. The first-order valence-corrected chi connectivity index (χ1v) is 10.3. The summed E-state index contributed by atoms with van der Waals surface area (Å²) in [5.41, 5.74) is -1.33. The van der Waals surface area contributed by atoms with E-state index in [0.29, 0.717) is 24.4 Å². The molecule has 184 valence electrons. The highest BCUT2D eigenvalue weighted by Gasteiger charge is 2.36. The average molecular weight is 494 g/mol. The molecule has 0 fully saturated rings. The Morgan fingerprint density at radius 2 is 1.86 bits per heavy atom. The van der Waals surface area contributed by atoms with Gasteiger partial charge in [-0.15, -0.1) is 0 Å². The SMILES string of the molecule is Cc1c(NC(=O)c2cc(-c3ccco3)on2)cnn1C(C)c1ccc(C(F)(F)F)cc1C(C)(F)F. The van der Waals surface area contributed by atoms with Crippen molar-refractivity contribution in [1.82, 2.24) is 14.9 Å². The standard InChI is InChI=1S/C23H19F5N4O3/c1-12(15-7-6-14(23(26,27)28)9-16(15)22(3,24)25)32-13(2)18(11-29-32)30-21(33)17-10-20(35-31-17)19-5-4-8-34-19/h4-12H,1-3H3,(H,30,33). The molecule has 1 aromatic carbocycles. The molecule has 1 unspecified atom stereocenters. The molecule has 0 saturated heterocycles. The zero-order valence-corrected chi connectivity index (χ0v) is 18.7. The number of nitrogens with zero attached hydrogens (tertiary/aromatic N) is 3. The maximum Gasteiger partial charge on any atom is 0.416 e. The summed E-state index contributed by atoms with van der Waals surface area (Å²) in [4.78, 5) is 12.6. The molecule has 0 bridgehead atoms. The van der Waals surface area contributed by atoms with E-state index in [1.54, 1.807) is 19.1 Å². The third kappa shape index (κ3) is 4.81. The lowest BCUT2D eigenvalue weighted by molar-refractivity contribution is -0.137. The van der Waals surface area contributed by atoms with Crippen LogP contribution in [0.3, 0.4) is 0 Å². The first-order chi connectivity index (χ1) is 16.4. The van der Waals surface area contributed by atoms with Crippen LogP contribution in [0.5, 0.6) is 0 Å². The average Bonchev–Trinajstić information content (AvgIpc) is 3.53. The van der Waals surface area contributed by atoms with Crippen LogP contribution in [0.25, 0.3) is 11.5 Å². The molecule has 1 amide bonds. The van der Waals surface area contributed by atoms with E-state index in [0.717, 1.165) is 12.1 Å². The van der Waals surface area contributed by atoms with Gasteiger partial charge in [0.2, 0.25) is 5.76 Å². The molecule has 0 aliphatic carbocycles. The highest BCUT2D eigenvalue weighted by molar-refractivity contribution is 6.03. The summed E-state index contributed by atoms with van der Waals surface area (Å²) in [6, 6.07) is 6.03. The number of alkyl halides is 5. The van der Waals surface area contributed by atoms with Crippen LogP contribution in [0.1, 0.15) is 52.8 Å². The second kappa shape index (κ2) is 8.67. The lowest BCUT2D eigenvalue weighted by Crippen LogP contribution is -2.19. The minimum atomic E-state index is -4.77. The van der Waals surface area contributed by atoms with Gasteiger partial charge in [0.15, 0.2) is 11.5 Å². The topological polar surface area (TPSA) is 86.1 Å². The van der Waals surface area contributed by atoms with Crippen molar-refractivity contribution >= 4 is 11.6 Å². The molecule has 0 spiro atoms. The van der Waals surface area contributed by atoms with E-state index in [4.69, 9.17) is 8.94 Å². The van der Waals surface area contributed by atoms with E-state index < -0.39 is 35.2 Å². The van der Waals surface area contributed by atoms with Crippen LogP contribution in [-0.2, 0) is 12.1 Å². The molecule has 12 heteroatoms. The molecule has 0 saturated carbocycles. The van der Waals surface area contributed by atoms with Crippen molar-refractivity contribution in [2.75, 3.05) is 5.32 Å². The van der Waals surface area contributed by atoms with Crippen molar-refractivity contribution in [1.29, 1.82) is 0 Å². The second-order valence-corrected chi connectivity index (χ2v) is 7.96. The van der Waals surface area contributed by atoms with Crippen LogP contribution in [0.2, 0.25) is 0 Å². The Labute approximate surface area is 195 Å². The number of carbonyl (C=O) groups is 1. The van der Waals surface area contributed by atoms with Gasteiger partial charge in [-0.1, -0.05) is 11.2 Å². The number of anilines is 1. The van der Waals surface area contributed by atoms with Crippen LogP contribution >= 0.6 is 0 Å². The number of furan rings is 1. The molecule has 0 aliphatic heterocycles. The van der Waals surface area contributed by atoms with E-state index in [-0.39, 0.29) is 22.7 Å². The lowest BCUT2D eigenvalue weighted by Gasteiger charge is -2.23. The van der Waals surface area contributed by atoms with Gasteiger partial charge in [-0.05, 0) is 43.7 Å². The predicted molar refractivity (Wildman–Crippen MR) is 114 cm³/mol. The smallest absolute Gasteiger partial charge is 0.416 e. The molecule has 4 rings (SSSR count). The number of benzene rings is 1. The van der Waals surface area contributed by atoms with Crippen LogP contribution in [-0.4, -0.2) is 20.8 Å². The van der Waals surface area contributed by atoms with Crippen molar-refractivity contribution in [2.45, 2.75) is 38.9 Å². The summed E-state index contributed by atoms with van der Waals surface area (Å²) in [5.74, 6) is -3.51. The number of aromatic nitrogens is 3. The summed E-state index contributed by atoms with van der Waals surface area (Å²) >= 11 is 0. The number of rotatable bonds is 6. The predicted octanol–water partition coefficient (Wildman–Crippen LogP) is 6.43. The molecule has 3 aromatic heterocycles. The van der Waals surface area contributed by atoms with Gasteiger partial charge < -0.3 is 14.3 Å². The normalized spacial score (nSPS) is 13.1. The minimum absolute atomic E-state index is 0.0332. The van der Waals surface area contributed by atoms with Gasteiger partial charge in [-0.25, -0.2) is 8.78 Å². The van der Waals surface area contributed by atoms with Crippen LogP contribution < -0.4 is 5.32 Å². The largest absolute Gasteiger partial charge is 0.461 e. The number of hydrogen-bond acceptors (Lipinski definition) is 5. The molecule has 0 aliphatic rings. The Balaban J connectivity index is 1.60. The van der Waals surface area contributed by atoms with Gasteiger partial charge in [0.25, 0.3) is 11.8 Å². The summed E-state index contributed by atoms with van der Waals surface area (Å²) in [7, 11) is 0. The third-order valence-electron chi connectivity index (χ3n) is 5.47. The van der Waals surface area contributed by atoms with Gasteiger partial charge in [-0.2, -0.15) is 18.3 Å². The quantitative estimate of drug-likeness (QED) is 0.312. The number of hydrogen-bond donors (Lipinski definition) is 1. The number of halogens is 5. The first kappa shape index (κ1) is 24.2. The Bertz CT molecular complexity index is 1350. The van der Waals surface area contributed by atoms with Gasteiger partial charge >= 0.3 is 6.18 Å².